The Morgan fingerprint density at radius 2 is 1.81 bits per heavy atom. The van der Waals surface area contributed by atoms with Crippen molar-refractivity contribution in [3.63, 3.8) is 0 Å². The van der Waals surface area contributed by atoms with Gasteiger partial charge in [0.15, 0.2) is 0 Å². The van der Waals surface area contributed by atoms with Gasteiger partial charge in [0.05, 0.1) is 0 Å². The van der Waals surface area contributed by atoms with E-state index < -0.39 is 28.8 Å². The van der Waals surface area contributed by atoms with E-state index in [1.54, 1.807) is 5.32 Å². The number of hydrogen-bond donors (Lipinski definition) is 2. The maximum Gasteiger partial charge on any atom is 0.405 e. The smallest absolute Gasteiger partial charge is 0.343 e. The van der Waals surface area contributed by atoms with Crippen molar-refractivity contribution in [3.8, 4) is 0 Å². The molecule has 1 rings (SSSR count). The van der Waals surface area contributed by atoms with Crippen molar-refractivity contribution in [2.75, 3.05) is 13.6 Å². The number of carbonyl (C=O) groups is 1. The number of hydrogen-bond acceptors (Lipinski definition) is 3. The molecule has 6 nitrogen and oxygen atoms in total. The summed E-state index contributed by atoms with van der Waals surface area (Å²) in [5, 5.41) is 6.65. The molecule has 0 aliphatic carbocycles. The number of nitrogens with zero attached hydrogens (tertiary/aromatic N) is 1. The summed E-state index contributed by atoms with van der Waals surface area (Å²) in [6.45, 7) is -1.43. The Balaban J connectivity index is 2.68. The highest BCUT2D eigenvalue weighted by Crippen LogP contribution is 2.13. The van der Waals surface area contributed by atoms with Crippen LogP contribution in [-0.4, -0.2) is 38.4 Å². The highest BCUT2D eigenvalue weighted by atomic mass is 32.2. The Bertz CT molecular complexity index is 599. The van der Waals surface area contributed by atoms with Gasteiger partial charge in [-0.25, -0.2) is 5.14 Å². The second-order valence-electron chi connectivity index (χ2n) is 4.30. The molecule has 0 aliphatic rings. The van der Waals surface area contributed by atoms with Crippen LogP contribution >= 0.6 is 0 Å². The maximum absolute atomic E-state index is 12.0. The highest BCUT2D eigenvalue weighted by Gasteiger charge is 2.27. The van der Waals surface area contributed by atoms with Gasteiger partial charge in [0.25, 0.3) is 16.1 Å². The van der Waals surface area contributed by atoms with E-state index in [1.165, 1.54) is 31.3 Å². The van der Waals surface area contributed by atoms with E-state index in [0.717, 1.165) is 4.31 Å². The fourth-order valence-electron chi connectivity index (χ4n) is 1.39. The summed E-state index contributed by atoms with van der Waals surface area (Å²) < 4.78 is 58.8. The molecule has 0 unspecified atom stereocenters. The minimum absolute atomic E-state index is 0.0106. The van der Waals surface area contributed by atoms with Gasteiger partial charge in [-0.2, -0.15) is 25.9 Å². The van der Waals surface area contributed by atoms with E-state index in [-0.39, 0.29) is 12.1 Å². The zero-order valence-corrected chi connectivity index (χ0v) is 11.8. The first kappa shape index (κ1) is 17.4. The number of amides is 1. The van der Waals surface area contributed by atoms with Crippen LogP contribution in [0.3, 0.4) is 0 Å². The molecule has 0 radical (unpaired) electrons. The lowest BCUT2D eigenvalue weighted by atomic mass is 10.1. The molecule has 0 fully saturated rings. The molecule has 0 atom stereocenters. The van der Waals surface area contributed by atoms with Gasteiger partial charge in [-0.3, -0.25) is 4.79 Å². The molecule has 118 valence electrons. The highest BCUT2D eigenvalue weighted by molar-refractivity contribution is 7.86. The van der Waals surface area contributed by atoms with Gasteiger partial charge in [-0.15, -0.1) is 0 Å². The van der Waals surface area contributed by atoms with Crippen LogP contribution in [0.25, 0.3) is 0 Å². The normalized spacial score (nSPS) is 12.5. The minimum atomic E-state index is -4.48. The third-order valence-electron chi connectivity index (χ3n) is 2.51. The van der Waals surface area contributed by atoms with Crippen LogP contribution in [0, 0.1) is 0 Å². The van der Waals surface area contributed by atoms with E-state index in [4.69, 9.17) is 5.14 Å². The second-order valence-corrected chi connectivity index (χ2v) is 5.95. The van der Waals surface area contributed by atoms with Crippen LogP contribution in [0.4, 0.5) is 13.2 Å². The van der Waals surface area contributed by atoms with Crippen LogP contribution in [-0.2, 0) is 16.8 Å². The lowest BCUT2D eigenvalue weighted by molar-refractivity contribution is -0.123. The average Bonchev–Trinajstić information content (AvgIpc) is 2.35. The third kappa shape index (κ3) is 6.10. The summed E-state index contributed by atoms with van der Waals surface area (Å²) in [4.78, 5) is 11.4. The number of nitrogens with one attached hydrogen (secondary N) is 1. The van der Waals surface area contributed by atoms with Gasteiger partial charge < -0.3 is 5.32 Å². The molecule has 0 spiro atoms. The van der Waals surface area contributed by atoms with Crippen molar-refractivity contribution < 1.29 is 26.4 Å². The molecular weight excluding hydrogens is 311 g/mol. The number of alkyl halides is 3. The Kier molecular flexibility index (Phi) is 5.31. The first-order chi connectivity index (χ1) is 9.49. The Morgan fingerprint density at radius 1 is 1.29 bits per heavy atom. The molecule has 1 aromatic carbocycles. The largest absolute Gasteiger partial charge is 0.405 e. The summed E-state index contributed by atoms with van der Waals surface area (Å²) in [5.74, 6) is -0.862. The average molecular weight is 325 g/mol. The lowest BCUT2D eigenvalue weighted by Gasteiger charge is -2.13. The van der Waals surface area contributed by atoms with Gasteiger partial charge >= 0.3 is 6.18 Å². The first-order valence-electron chi connectivity index (χ1n) is 5.67. The molecule has 10 heteroatoms. The van der Waals surface area contributed by atoms with Gasteiger partial charge in [-0.05, 0) is 17.7 Å². The standard InChI is InChI=1S/C11H14F3N3O3S/c1-17(21(15,19)20)6-8-2-4-9(5-3-8)10(18)16-7-11(12,13)14/h2-5H,6-7H2,1H3,(H,16,18)(H2,15,19,20). The van der Waals surface area contributed by atoms with Crippen molar-refractivity contribution >= 4 is 16.1 Å². The van der Waals surface area contributed by atoms with E-state index in [0.29, 0.717) is 5.56 Å². The Labute approximate surface area is 119 Å². The molecule has 1 aromatic rings. The maximum atomic E-state index is 12.0. The van der Waals surface area contributed by atoms with Gasteiger partial charge in [0, 0.05) is 19.2 Å². The molecule has 3 N–H and O–H groups in total. The predicted molar refractivity (Wildman–Crippen MR) is 69.4 cm³/mol. The summed E-state index contributed by atoms with van der Waals surface area (Å²) >= 11 is 0. The van der Waals surface area contributed by atoms with Crippen LogP contribution in [0.1, 0.15) is 15.9 Å². The van der Waals surface area contributed by atoms with Crippen LogP contribution in [0.2, 0.25) is 0 Å². The molecule has 0 saturated carbocycles. The van der Waals surface area contributed by atoms with Crippen LogP contribution < -0.4 is 10.5 Å². The second kappa shape index (κ2) is 6.41. The van der Waals surface area contributed by atoms with E-state index in [2.05, 4.69) is 0 Å². The van der Waals surface area contributed by atoms with Gasteiger partial charge in [0.2, 0.25) is 0 Å². The molecular formula is C11H14F3N3O3S. The van der Waals surface area contributed by atoms with E-state index in [9.17, 15) is 26.4 Å². The third-order valence-corrected chi connectivity index (χ3v) is 3.50. The van der Waals surface area contributed by atoms with Gasteiger partial charge in [-0.1, -0.05) is 12.1 Å². The minimum Gasteiger partial charge on any atom is -0.343 e. The molecule has 0 aromatic heterocycles. The number of rotatable bonds is 5. The van der Waals surface area contributed by atoms with Gasteiger partial charge in [0.1, 0.15) is 6.54 Å². The topological polar surface area (TPSA) is 92.5 Å². The quantitative estimate of drug-likeness (QED) is 0.831. The van der Waals surface area contributed by atoms with Crippen LogP contribution in [0.5, 0.6) is 0 Å². The van der Waals surface area contributed by atoms with Crippen molar-refractivity contribution in [2.24, 2.45) is 5.14 Å². The fourth-order valence-corrected chi connectivity index (χ4v) is 1.72. The molecule has 0 saturated heterocycles. The summed E-state index contributed by atoms with van der Waals surface area (Å²) in [7, 11) is -2.55. The first-order valence-corrected chi connectivity index (χ1v) is 7.17. The monoisotopic (exact) mass is 325 g/mol. The Morgan fingerprint density at radius 3 is 2.24 bits per heavy atom. The van der Waals surface area contributed by atoms with Crippen molar-refractivity contribution in [1.29, 1.82) is 0 Å². The summed E-state index contributed by atoms with van der Waals surface area (Å²) in [6.07, 6.45) is -4.48. The molecule has 1 amide bonds. The zero-order valence-electron chi connectivity index (χ0n) is 11.0. The lowest BCUT2D eigenvalue weighted by Crippen LogP contribution is -2.34. The fraction of sp³-hybridized carbons (Fsp3) is 0.364. The Hall–Kier alpha value is -1.65. The molecule has 0 bridgehead atoms. The number of nitrogens with two attached hydrogens (primary N) is 1. The molecule has 0 heterocycles. The van der Waals surface area contributed by atoms with Crippen LogP contribution in [0.15, 0.2) is 24.3 Å². The van der Waals surface area contributed by atoms with Crippen molar-refractivity contribution in [2.45, 2.75) is 12.7 Å². The predicted octanol–water partition coefficient (Wildman–Crippen LogP) is 0.614. The van der Waals surface area contributed by atoms with Crippen molar-refractivity contribution in [1.82, 2.24) is 9.62 Å². The molecule has 21 heavy (non-hydrogen) atoms. The SMILES string of the molecule is CN(Cc1ccc(C(=O)NCC(F)(F)F)cc1)S(N)(=O)=O. The van der Waals surface area contributed by atoms with E-state index in [1.807, 2.05) is 0 Å². The van der Waals surface area contributed by atoms with Crippen molar-refractivity contribution in [3.05, 3.63) is 35.4 Å². The van der Waals surface area contributed by atoms with E-state index >= 15 is 0 Å². The summed E-state index contributed by atoms with van der Waals surface area (Å²) in [6, 6.07) is 5.48. The zero-order chi connectivity index (χ0) is 16.3. The molecule has 0 aliphatic heterocycles. The number of halogens is 3. The number of benzene rings is 1. The summed E-state index contributed by atoms with van der Waals surface area (Å²) in [5.41, 5.74) is 0.583. The number of carbonyl (C=O) groups excluding carboxylic acids is 1.